The highest BCUT2D eigenvalue weighted by Crippen LogP contribution is 2.31. The first-order valence-corrected chi connectivity index (χ1v) is 9.68. The molecule has 1 atom stereocenters. The maximum Gasteiger partial charge on any atom is 0.161 e. The molecule has 0 unspecified atom stereocenters. The van der Waals surface area contributed by atoms with Gasteiger partial charge < -0.3 is 20.5 Å². The number of anilines is 1. The van der Waals surface area contributed by atoms with Crippen molar-refractivity contribution in [3.8, 4) is 11.5 Å². The molecule has 0 saturated carbocycles. The Bertz CT molecular complexity index is 762. The van der Waals surface area contributed by atoms with E-state index in [1.165, 1.54) is 18.4 Å². The van der Waals surface area contributed by atoms with Crippen molar-refractivity contribution in [3.05, 3.63) is 41.9 Å². The van der Waals surface area contributed by atoms with E-state index < -0.39 is 0 Å². The predicted octanol–water partition coefficient (Wildman–Crippen LogP) is 1.97. The number of benzene rings is 1. The molecule has 27 heavy (non-hydrogen) atoms. The monoisotopic (exact) mass is 369 g/mol. The highest BCUT2D eigenvalue weighted by Gasteiger charge is 2.22. The Morgan fingerprint density at radius 3 is 2.85 bits per heavy atom. The maximum absolute atomic E-state index is 5.86. The molecule has 2 aliphatic heterocycles. The fraction of sp³-hybridized carbons (Fsp3) is 0.500. The lowest BCUT2D eigenvalue weighted by Gasteiger charge is -2.31. The fourth-order valence-corrected chi connectivity index (χ4v) is 3.77. The van der Waals surface area contributed by atoms with Crippen LogP contribution in [0.3, 0.4) is 0 Å². The van der Waals surface area contributed by atoms with Crippen LogP contribution in [0.1, 0.15) is 30.7 Å². The van der Waals surface area contributed by atoms with Gasteiger partial charge in [0.25, 0.3) is 0 Å². The number of hydrogen-bond donors (Lipinski definition) is 2. The molecule has 1 aromatic carbocycles. The van der Waals surface area contributed by atoms with Crippen molar-refractivity contribution in [2.45, 2.75) is 38.4 Å². The molecule has 144 valence electrons. The molecule has 4 rings (SSSR count). The van der Waals surface area contributed by atoms with Gasteiger partial charge in [0.2, 0.25) is 0 Å². The lowest BCUT2D eigenvalue weighted by Crippen LogP contribution is -2.35. The third-order valence-corrected chi connectivity index (χ3v) is 5.13. The summed E-state index contributed by atoms with van der Waals surface area (Å²) in [5, 5.41) is 3.50. The Labute approximate surface area is 159 Å². The topological polar surface area (TPSA) is 85.5 Å². The largest absolute Gasteiger partial charge is 0.486 e. The van der Waals surface area contributed by atoms with Gasteiger partial charge in [0.05, 0.1) is 6.54 Å². The van der Waals surface area contributed by atoms with Crippen LogP contribution in [0.2, 0.25) is 0 Å². The lowest BCUT2D eigenvalue weighted by atomic mass is 10.1. The van der Waals surface area contributed by atoms with Gasteiger partial charge in [0.1, 0.15) is 24.9 Å². The average Bonchev–Trinajstić information content (AvgIpc) is 2.97. The van der Waals surface area contributed by atoms with Crippen LogP contribution in [0, 0.1) is 0 Å². The normalized spacial score (nSPS) is 19.7. The first kappa shape index (κ1) is 18.0. The summed E-state index contributed by atoms with van der Waals surface area (Å²) in [5.74, 6) is 2.95. The van der Waals surface area contributed by atoms with Gasteiger partial charge in [-0.05, 0) is 56.1 Å². The number of ether oxygens (including phenoxy) is 2. The van der Waals surface area contributed by atoms with Crippen molar-refractivity contribution >= 4 is 5.82 Å². The molecule has 1 fully saturated rings. The molecule has 0 amide bonds. The van der Waals surface area contributed by atoms with Gasteiger partial charge >= 0.3 is 0 Å². The zero-order valence-corrected chi connectivity index (χ0v) is 15.6. The van der Waals surface area contributed by atoms with E-state index in [1.807, 2.05) is 6.07 Å². The van der Waals surface area contributed by atoms with E-state index in [1.54, 1.807) is 12.3 Å². The van der Waals surface area contributed by atoms with Crippen LogP contribution in [-0.2, 0) is 13.1 Å². The summed E-state index contributed by atoms with van der Waals surface area (Å²) < 4.78 is 11.4. The van der Waals surface area contributed by atoms with Gasteiger partial charge in [0.15, 0.2) is 11.5 Å². The van der Waals surface area contributed by atoms with Crippen LogP contribution < -0.4 is 20.5 Å². The summed E-state index contributed by atoms with van der Waals surface area (Å²) >= 11 is 0. The molecule has 0 radical (unpaired) electrons. The first-order chi connectivity index (χ1) is 13.3. The number of aromatic nitrogens is 2. The second kappa shape index (κ2) is 8.54. The van der Waals surface area contributed by atoms with Crippen LogP contribution in [-0.4, -0.2) is 47.2 Å². The summed E-state index contributed by atoms with van der Waals surface area (Å²) in [4.78, 5) is 11.3. The van der Waals surface area contributed by atoms with Crippen molar-refractivity contribution in [1.82, 2.24) is 20.2 Å². The third kappa shape index (κ3) is 4.67. The van der Waals surface area contributed by atoms with Crippen LogP contribution in [0.5, 0.6) is 11.5 Å². The summed E-state index contributed by atoms with van der Waals surface area (Å²) in [6.45, 7) is 4.85. The maximum atomic E-state index is 5.86. The van der Waals surface area contributed by atoms with Gasteiger partial charge in [-0.25, -0.2) is 9.97 Å². The van der Waals surface area contributed by atoms with E-state index in [2.05, 4.69) is 32.3 Å². The van der Waals surface area contributed by atoms with Crippen LogP contribution in [0.15, 0.2) is 30.5 Å². The quantitative estimate of drug-likeness (QED) is 0.833. The minimum atomic E-state index is 0.484. The van der Waals surface area contributed by atoms with Crippen LogP contribution in [0.4, 0.5) is 5.82 Å². The molecule has 0 bridgehead atoms. The number of hydrogen-bond acceptors (Lipinski definition) is 7. The summed E-state index contributed by atoms with van der Waals surface area (Å²) in [6, 6.07) is 8.43. The third-order valence-electron chi connectivity index (χ3n) is 5.13. The number of nitrogens with zero attached hydrogens (tertiary/aromatic N) is 3. The van der Waals surface area contributed by atoms with E-state index in [9.17, 15) is 0 Å². The molecular weight excluding hydrogens is 342 g/mol. The van der Waals surface area contributed by atoms with E-state index >= 15 is 0 Å². The highest BCUT2D eigenvalue weighted by molar-refractivity contribution is 5.43. The minimum Gasteiger partial charge on any atom is -0.486 e. The molecule has 1 aromatic heterocycles. The summed E-state index contributed by atoms with van der Waals surface area (Å²) in [5.41, 5.74) is 7.07. The Morgan fingerprint density at radius 2 is 1.96 bits per heavy atom. The second-order valence-corrected chi connectivity index (χ2v) is 7.12. The molecule has 2 aromatic rings. The van der Waals surface area contributed by atoms with Gasteiger partial charge in [-0.2, -0.15) is 0 Å². The fourth-order valence-electron chi connectivity index (χ4n) is 3.77. The molecule has 0 spiro atoms. The van der Waals surface area contributed by atoms with Gasteiger partial charge in [-0.3, -0.25) is 4.90 Å². The Balaban J connectivity index is 1.55. The molecule has 1 saturated heterocycles. The first-order valence-electron chi connectivity index (χ1n) is 9.68. The van der Waals surface area contributed by atoms with Crippen molar-refractivity contribution in [2.24, 2.45) is 0 Å². The Hall–Kier alpha value is -2.38. The van der Waals surface area contributed by atoms with Gasteiger partial charge in [-0.1, -0.05) is 6.07 Å². The summed E-state index contributed by atoms with van der Waals surface area (Å²) in [6.07, 6.45) is 5.20. The van der Waals surface area contributed by atoms with Crippen molar-refractivity contribution in [1.29, 1.82) is 0 Å². The molecule has 0 aliphatic carbocycles. The number of fused-ring (bicyclic) bond motifs is 1. The number of nitrogens with two attached hydrogens (primary N) is 1. The standard InChI is InChI=1S/C20H27N5O2/c21-19-6-9-23-20(24-19)14-25(16-2-1-7-22-8-5-16)13-15-3-4-17-18(12-15)27-11-10-26-17/h3-4,6,9,12,16,22H,1-2,5,7-8,10-11,13-14H2,(H2,21,23,24)/t16-/m1/s1. The van der Waals surface area contributed by atoms with E-state index in [0.717, 1.165) is 43.4 Å². The molecule has 7 heteroatoms. The van der Waals surface area contributed by atoms with E-state index in [0.29, 0.717) is 31.6 Å². The Morgan fingerprint density at radius 1 is 1.07 bits per heavy atom. The van der Waals surface area contributed by atoms with Crippen molar-refractivity contribution in [3.63, 3.8) is 0 Å². The van der Waals surface area contributed by atoms with E-state index in [-0.39, 0.29) is 0 Å². The summed E-state index contributed by atoms with van der Waals surface area (Å²) in [7, 11) is 0. The number of nitrogen functional groups attached to an aromatic ring is 1. The molecule has 2 aliphatic rings. The zero-order valence-electron chi connectivity index (χ0n) is 15.6. The lowest BCUT2D eigenvalue weighted by molar-refractivity contribution is 0.157. The smallest absolute Gasteiger partial charge is 0.161 e. The Kier molecular flexibility index (Phi) is 5.69. The zero-order chi connectivity index (χ0) is 18.5. The molecular formula is C20H27N5O2. The van der Waals surface area contributed by atoms with Crippen LogP contribution in [0.25, 0.3) is 0 Å². The number of nitrogens with one attached hydrogen (secondary N) is 1. The SMILES string of the molecule is Nc1ccnc(CN(Cc2ccc3c(c2)OCCO3)[C@@H]2CCCNCC2)n1. The molecule has 7 nitrogen and oxygen atoms in total. The van der Waals surface area contributed by atoms with Gasteiger partial charge in [0, 0.05) is 18.8 Å². The second-order valence-electron chi connectivity index (χ2n) is 7.12. The highest BCUT2D eigenvalue weighted by atomic mass is 16.6. The van der Waals surface area contributed by atoms with Crippen molar-refractivity contribution < 1.29 is 9.47 Å². The number of rotatable bonds is 5. The van der Waals surface area contributed by atoms with E-state index in [4.69, 9.17) is 15.2 Å². The van der Waals surface area contributed by atoms with Gasteiger partial charge in [-0.15, -0.1) is 0 Å². The molecule has 3 N–H and O–H groups in total. The average molecular weight is 369 g/mol. The van der Waals surface area contributed by atoms with Crippen LogP contribution >= 0.6 is 0 Å². The minimum absolute atomic E-state index is 0.484. The predicted molar refractivity (Wildman–Crippen MR) is 104 cm³/mol. The molecule has 3 heterocycles. The van der Waals surface area contributed by atoms with Crippen molar-refractivity contribution in [2.75, 3.05) is 32.0 Å².